The van der Waals surface area contributed by atoms with Crippen molar-refractivity contribution < 1.29 is 0 Å². The van der Waals surface area contributed by atoms with Crippen LogP contribution in [0.25, 0.3) is 0 Å². The monoisotopic (exact) mass is 537 g/mol. The van der Waals surface area contributed by atoms with E-state index >= 15 is 0 Å². The van der Waals surface area contributed by atoms with Crippen LogP contribution >= 0.6 is 0 Å². The molecular formula is C39H55N. The third kappa shape index (κ3) is 6.51. The molecule has 0 aromatic heterocycles. The average molecular weight is 538 g/mol. The van der Waals surface area contributed by atoms with Gasteiger partial charge in [-0.3, -0.25) is 0 Å². The van der Waals surface area contributed by atoms with Crippen molar-refractivity contribution in [2.75, 3.05) is 13.1 Å². The summed E-state index contributed by atoms with van der Waals surface area (Å²) in [5, 5.41) is 3.83. The second-order valence-electron chi connectivity index (χ2n) is 13.9. The maximum atomic E-state index is 4.54. The van der Waals surface area contributed by atoms with Crippen molar-refractivity contribution in [1.29, 1.82) is 0 Å². The summed E-state index contributed by atoms with van der Waals surface area (Å²) in [6.07, 6.45) is 36.8. The molecular weight excluding hydrogens is 482 g/mol. The van der Waals surface area contributed by atoms with E-state index in [1.807, 2.05) is 0 Å². The lowest BCUT2D eigenvalue weighted by atomic mass is 9.55. The minimum atomic E-state index is 0.246. The van der Waals surface area contributed by atoms with Crippen molar-refractivity contribution in [2.24, 2.45) is 40.9 Å². The lowest BCUT2D eigenvalue weighted by Gasteiger charge is -2.48. The Balaban J connectivity index is 1.11. The predicted molar refractivity (Wildman–Crippen MR) is 174 cm³/mol. The van der Waals surface area contributed by atoms with E-state index in [9.17, 15) is 0 Å². The first-order valence-electron chi connectivity index (χ1n) is 16.6. The smallest absolute Gasteiger partial charge is 0.0170 e. The van der Waals surface area contributed by atoms with Crippen LogP contribution in [0.3, 0.4) is 0 Å². The Morgan fingerprint density at radius 2 is 1.95 bits per heavy atom. The molecule has 40 heavy (non-hydrogen) atoms. The number of nitrogens with one attached hydrogen (secondary N) is 1. The maximum absolute atomic E-state index is 4.54. The molecule has 1 N–H and O–H groups in total. The van der Waals surface area contributed by atoms with Crippen LogP contribution in [0.5, 0.6) is 0 Å². The molecule has 1 fully saturated rings. The van der Waals surface area contributed by atoms with Crippen molar-refractivity contribution >= 4 is 0 Å². The molecule has 7 atom stereocenters. The average Bonchev–Trinajstić information content (AvgIpc) is 3.30. The van der Waals surface area contributed by atoms with Crippen molar-refractivity contribution in [3.8, 4) is 0 Å². The zero-order valence-corrected chi connectivity index (χ0v) is 25.9. The molecule has 1 nitrogen and oxygen atoms in total. The Morgan fingerprint density at radius 1 is 1.10 bits per heavy atom. The topological polar surface area (TPSA) is 12.0 Å². The summed E-state index contributed by atoms with van der Waals surface area (Å²) in [5.41, 5.74) is 7.78. The Hall–Kier alpha value is -2.12. The quantitative estimate of drug-likeness (QED) is 0.193. The van der Waals surface area contributed by atoms with Crippen molar-refractivity contribution in [2.45, 2.75) is 91.9 Å². The van der Waals surface area contributed by atoms with Crippen LogP contribution in [-0.4, -0.2) is 13.1 Å². The van der Waals surface area contributed by atoms with Gasteiger partial charge < -0.3 is 5.32 Å². The molecule has 216 valence electrons. The van der Waals surface area contributed by atoms with Gasteiger partial charge in [0.2, 0.25) is 0 Å². The van der Waals surface area contributed by atoms with E-state index in [0.29, 0.717) is 11.8 Å². The fourth-order valence-corrected chi connectivity index (χ4v) is 8.64. The highest BCUT2D eigenvalue weighted by Crippen LogP contribution is 2.58. The van der Waals surface area contributed by atoms with Gasteiger partial charge in [-0.2, -0.15) is 0 Å². The van der Waals surface area contributed by atoms with Crippen molar-refractivity contribution in [1.82, 2.24) is 5.32 Å². The molecule has 5 aliphatic carbocycles. The molecule has 0 amide bonds. The van der Waals surface area contributed by atoms with E-state index < -0.39 is 0 Å². The Kier molecular flexibility index (Phi) is 9.72. The van der Waals surface area contributed by atoms with Crippen molar-refractivity contribution in [3.05, 3.63) is 95.2 Å². The minimum absolute atomic E-state index is 0.246. The predicted octanol–water partition coefficient (Wildman–Crippen LogP) is 10.2. The van der Waals surface area contributed by atoms with E-state index in [1.165, 1.54) is 75.4 Å². The molecule has 0 spiro atoms. The summed E-state index contributed by atoms with van der Waals surface area (Å²) < 4.78 is 0. The van der Waals surface area contributed by atoms with Crippen LogP contribution < -0.4 is 5.32 Å². The van der Waals surface area contributed by atoms with Crippen LogP contribution in [0.2, 0.25) is 0 Å². The normalized spacial score (nSPS) is 33.1. The molecule has 5 aliphatic rings. The Morgan fingerprint density at radius 3 is 2.65 bits per heavy atom. The highest BCUT2D eigenvalue weighted by atomic mass is 14.8. The van der Waals surface area contributed by atoms with Gasteiger partial charge in [0, 0.05) is 12.0 Å². The SMILES string of the molecule is C=C1C(C)=CC=C1C1(C2=CC(C)C2)CCCC(CC2C=CC=C(CNCCC(CC)C(C)C3C=CC=CC3)C2)C1. The summed E-state index contributed by atoms with van der Waals surface area (Å²) in [4.78, 5) is 0. The largest absolute Gasteiger partial charge is 0.313 e. The third-order valence-corrected chi connectivity index (χ3v) is 11.2. The van der Waals surface area contributed by atoms with Crippen LogP contribution in [-0.2, 0) is 0 Å². The first-order valence-corrected chi connectivity index (χ1v) is 16.6. The Labute approximate surface area is 246 Å². The molecule has 0 radical (unpaired) electrons. The molecule has 5 rings (SSSR count). The van der Waals surface area contributed by atoms with Gasteiger partial charge >= 0.3 is 0 Å². The molecule has 0 bridgehead atoms. The first-order chi connectivity index (χ1) is 19.4. The van der Waals surface area contributed by atoms with Gasteiger partial charge in [0.15, 0.2) is 0 Å². The minimum Gasteiger partial charge on any atom is -0.313 e. The molecule has 0 heterocycles. The van der Waals surface area contributed by atoms with Crippen LogP contribution in [0.15, 0.2) is 95.2 Å². The molecule has 0 aromatic carbocycles. The fraction of sp³-hybridized carbons (Fsp3) is 0.590. The highest BCUT2D eigenvalue weighted by Gasteiger charge is 2.46. The number of hydrogen-bond acceptors (Lipinski definition) is 1. The van der Waals surface area contributed by atoms with E-state index in [4.69, 9.17) is 0 Å². The van der Waals surface area contributed by atoms with Gasteiger partial charge in [-0.15, -0.1) is 0 Å². The molecule has 0 saturated heterocycles. The highest BCUT2D eigenvalue weighted by molar-refractivity contribution is 5.58. The number of hydrogen-bond donors (Lipinski definition) is 1. The zero-order chi connectivity index (χ0) is 28.1. The van der Waals surface area contributed by atoms with Gasteiger partial charge in [-0.25, -0.2) is 0 Å². The lowest BCUT2D eigenvalue weighted by Crippen LogP contribution is -2.37. The van der Waals surface area contributed by atoms with E-state index in [-0.39, 0.29) is 5.41 Å². The van der Waals surface area contributed by atoms with Crippen molar-refractivity contribution in [3.63, 3.8) is 0 Å². The van der Waals surface area contributed by atoms with Crippen LogP contribution in [0.4, 0.5) is 0 Å². The summed E-state index contributed by atoms with van der Waals surface area (Å²) in [5.74, 6) is 4.51. The van der Waals surface area contributed by atoms with Gasteiger partial charge in [0.25, 0.3) is 0 Å². The third-order valence-electron chi connectivity index (χ3n) is 11.2. The van der Waals surface area contributed by atoms with E-state index in [0.717, 1.165) is 36.8 Å². The zero-order valence-electron chi connectivity index (χ0n) is 25.9. The second-order valence-corrected chi connectivity index (χ2v) is 13.9. The number of allylic oxidation sites excluding steroid dienone is 14. The molecule has 0 aliphatic heterocycles. The van der Waals surface area contributed by atoms with Crippen LogP contribution in [0.1, 0.15) is 91.9 Å². The maximum Gasteiger partial charge on any atom is 0.0170 e. The summed E-state index contributed by atoms with van der Waals surface area (Å²) in [6.45, 7) is 16.2. The molecule has 1 heteroatoms. The lowest BCUT2D eigenvalue weighted by molar-refractivity contribution is 0.184. The summed E-state index contributed by atoms with van der Waals surface area (Å²) in [6, 6.07) is 0. The Bertz CT molecular complexity index is 1140. The second kappa shape index (κ2) is 13.2. The van der Waals surface area contributed by atoms with E-state index in [2.05, 4.69) is 100 Å². The van der Waals surface area contributed by atoms with Gasteiger partial charge in [0.05, 0.1) is 0 Å². The van der Waals surface area contributed by atoms with E-state index in [1.54, 1.807) is 16.7 Å². The first kappa shape index (κ1) is 29.4. The summed E-state index contributed by atoms with van der Waals surface area (Å²) >= 11 is 0. The van der Waals surface area contributed by atoms with Gasteiger partial charge in [-0.05, 0) is 111 Å². The molecule has 7 unspecified atom stereocenters. The molecule has 0 aromatic rings. The fourth-order valence-electron chi connectivity index (χ4n) is 8.64. The summed E-state index contributed by atoms with van der Waals surface area (Å²) in [7, 11) is 0. The molecule has 1 saturated carbocycles. The number of rotatable bonds is 12. The van der Waals surface area contributed by atoms with Crippen LogP contribution in [0, 0.1) is 40.9 Å². The standard InChI is InChI=1S/C39H55N/c1-6-35(31(5)36-15-8-7-9-16-36)19-21-40-27-34-13-10-12-32(25-34)24-33-14-11-20-39(26-33,37-22-28(2)23-37)38-18-17-29(3)30(38)4/h7-10,12-13,15,17-18,22,28,31-33,35-36,40H,4,6,11,14,16,19-21,23-27H2,1-3,5H3. The van der Waals surface area contributed by atoms with Gasteiger partial charge in [-0.1, -0.05) is 119 Å². The van der Waals surface area contributed by atoms with Gasteiger partial charge in [0.1, 0.15) is 0 Å².